The number of aromatic nitrogens is 10. The van der Waals surface area contributed by atoms with Crippen molar-refractivity contribution in [1.82, 2.24) is 58.9 Å². The van der Waals surface area contributed by atoms with Crippen molar-refractivity contribution in [2.24, 2.45) is 0 Å². The molecule has 7 fully saturated rings. The summed E-state index contributed by atoms with van der Waals surface area (Å²) in [6.07, 6.45) is 26.5. The zero-order valence-electron chi connectivity index (χ0n) is 76.3. The third-order valence-electron chi connectivity index (χ3n) is 29.0. The van der Waals surface area contributed by atoms with E-state index in [1.54, 1.807) is 19.2 Å². The summed E-state index contributed by atoms with van der Waals surface area (Å²) in [6.45, 7) is 8.43. The normalized spacial score (nSPS) is 22.0. The van der Waals surface area contributed by atoms with Crippen LogP contribution in [-0.4, -0.2) is 250 Å². The van der Waals surface area contributed by atoms with Crippen LogP contribution in [0.5, 0.6) is 0 Å². The minimum atomic E-state index is -3.34. The van der Waals surface area contributed by atoms with E-state index in [-0.39, 0.29) is 70.6 Å². The third-order valence-corrected chi connectivity index (χ3v) is 36.7. The molecule has 40 heteroatoms. The maximum absolute atomic E-state index is 13.8. The fourth-order valence-electron chi connectivity index (χ4n) is 20.4. The molecule has 4 atom stereocenters. The average molecular weight is 2010 g/mol. The first-order chi connectivity index (χ1) is 64.8. The fourth-order valence-corrected chi connectivity index (χ4v) is 26.6. The van der Waals surface area contributed by atoms with Gasteiger partial charge in [-0.1, -0.05) is 96.4 Å². The lowest BCUT2D eigenvalue weighted by atomic mass is 9.72. The summed E-state index contributed by atoms with van der Waals surface area (Å²) in [5.41, 5.74) is 7.21. The van der Waals surface area contributed by atoms with Crippen molar-refractivity contribution >= 4 is 116 Å². The lowest BCUT2D eigenvalue weighted by molar-refractivity contribution is 0.0903. The van der Waals surface area contributed by atoms with E-state index < -0.39 is 63.2 Å². The molecule has 0 bridgehead atoms. The molecule has 22 rings (SSSR count). The van der Waals surface area contributed by atoms with Crippen molar-refractivity contribution < 1.29 is 61.8 Å². The summed E-state index contributed by atoms with van der Waals surface area (Å²) in [5.74, 6) is 11.8. The number of aliphatic hydroxyl groups is 2. The standard InChI is InChI=1S/C25H28FN5O3S2.C24H33N5O4S2.C23H31N5O3S.C22H29N5O3S.4CH4/c1-36(33,34)27-17-25(18-6-3-2-4-7-18)11-13-31(14-12-25)24-29-21-10-15-35(32)22(21)23(30-24)28-20-9-5-8-19(26)16-20;1-28(35(2,32)33)16-23(18-6-4-3-5-7-18)11-13-29(14-12-23)22-25-19-8-15-34(31)20(19)21(26-22)27-24(17-30)9-10-24;29-32-14-9-18-20(32)21(24-16-7-12-30-13-8-16)27-23(26-18)28-10-5-15(6-11-28)22-25-17-3-1-2-4-19(17)31-22;28-13-22(8-9-22)26-19-18-16(7-12-31(18)29)24-21(25-19)27-10-5-14(6-11-27)20-23-15-3-1-2-4-17(15)30-20;;;;/h2-9,16,27H,10-15,17H2,1H3,(H,28,29,30);3-7,30H,8-17H2,1-2H3,(H,25,26,27);15-16H,1-14H2,(H,24,26,27);14,28H,1-13H2,(H,24,25,26);4*1H4. The number of nitrogens with one attached hydrogen (secondary N) is 5. The summed E-state index contributed by atoms with van der Waals surface area (Å²) in [4.78, 5) is 59.6. The first-order valence-corrected chi connectivity index (χ1v) is 56.5. The van der Waals surface area contributed by atoms with Gasteiger partial charge in [0.1, 0.15) is 54.4 Å². The third kappa shape index (κ3) is 23.2. The number of anilines is 9. The minimum absolute atomic E-state index is 0. The van der Waals surface area contributed by atoms with Crippen LogP contribution >= 0.6 is 0 Å². The van der Waals surface area contributed by atoms with Crippen LogP contribution in [0.25, 0.3) is 0 Å². The van der Waals surface area contributed by atoms with Crippen LogP contribution in [0, 0.1) is 5.82 Å². The van der Waals surface area contributed by atoms with E-state index in [2.05, 4.69) is 57.7 Å². The number of aryl methyl sites for hydroxylation is 8. The second-order valence-corrected chi connectivity index (χ2v) is 48.2. The second kappa shape index (κ2) is 43.9. The van der Waals surface area contributed by atoms with Crippen LogP contribution in [-0.2, 0) is 130 Å². The summed E-state index contributed by atoms with van der Waals surface area (Å²) in [5, 5.41) is 33.1. The molecule has 6 aromatic heterocycles. The van der Waals surface area contributed by atoms with Gasteiger partial charge >= 0.3 is 0 Å². The Bertz CT molecular complexity index is 6070. The van der Waals surface area contributed by atoms with Crippen LogP contribution < -0.4 is 45.6 Å². The van der Waals surface area contributed by atoms with Crippen molar-refractivity contribution in [3.8, 4) is 0 Å². The van der Waals surface area contributed by atoms with Gasteiger partial charge in [-0.2, -0.15) is 19.9 Å². The van der Waals surface area contributed by atoms with E-state index in [0.717, 1.165) is 234 Å². The molecular formula is C98H137FN20O13S6. The van der Waals surface area contributed by atoms with Gasteiger partial charge in [-0.3, -0.25) is 16.8 Å². The van der Waals surface area contributed by atoms with E-state index in [9.17, 15) is 48.3 Å². The van der Waals surface area contributed by atoms with Crippen molar-refractivity contribution in [2.45, 2.75) is 256 Å². The monoisotopic (exact) mass is 2010 g/mol. The highest BCUT2D eigenvalue weighted by molar-refractivity contribution is 7.89. The number of oxazole rings is 2. The summed E-state index contributed by atoms with van der Waals surface area (Å²) < 4.78 is 134. The van der Waals surface area contributed by atoms with Crippen LogP contribution in [0.1, 0.15) is 226 Å². The number of likely N-dealkylation sites (N-methyl/N-ethyl adjacent to an activating group) is 1. The SMILES string of the molecule is C.C.C.C.CN(CC1(c2ccccc2)CCN(c2nc3c(c(NC4(CO)CC4)n2)S(=O)CC3)CC1)S(C)(=O)=O.CS(=O)(=O)NCC1(c2ccccc2)CCN(c2nc3c(c(Nc4cccc(F)c4)n2)S(=O)CC3)CC1.O=S1CCc2nc(N3CCC(c4nc5c(o4)CCCC5)CC3)nc(NC3(CO)CC3)c21.O=S1CCc2nc(N3CCC(c4nc5c(o4)CCCC5)CC3)nc(NC3CCOCC3)c21. The van der Waals surface area contributed by atoms with E-state index in [4.69, 9.17) is 63.4 Å². The highest BCUT2D eigenvalue weighted by Crippen LogP contribution is 2.47. The molecule has 13 aliphatic rings. The number of sulfonamides is 2. The quantitative estimate of drug-likeness (QED) is 0.0295. The van der Waals surface area contributed by atoms with Gasteiger partial charge in [-0.15, -0.1) is 0 Å². The number of benzene rings is 3. The van der Waals surface area contributed by atoms with Crippen molar-refractivity contribution in [1.29, 1.82) is 0 Å². The predicted molar refractivity (Wildman–Crippen MR) is 542 cm³/mol. The Labute approximate surface area is 821 Å². The molecule has 2 saturated carbocycles. The molecule has 0 radical (unpaired) electrons. The van der Waals surface area contributed by atoms with Gasteiger partial charge in [-0.05, 0) is 158 Å². The molecule has 0 spiro atoms. The summed E-state index contributed by atoms with van der Waals surface area (Å²) in [7, 11) is -9.43. The summed E-state index contributed by atoms with van der Waals surface area (Å²) in [6, 6.07) is 26.5. The van der Waals surface area contributed by atoms with Crippen LogP contribution in [0.4, 0.5) is 57.1 Å². The zero-order valence-corrected chi connectivity index (χ0v) is 81.2. The lowest BCUT2D eigenvalue weighted by Crippen LogP contribution is -2.49. The second-order valence-electron chi connectivity index (χ2n) is 38.2. The fraction of sp³-hybridized carbons (Fsp3) is 0.592. The Balaban J connectivity index is 0.000000138. The maximum atomic E-state index is 13.8. The van der Waals surface area contributed by atoms with Gasteiger partial charge in [0.2, 0.25) is 43.8 Å². The first-order valence-electron chi connectivity index (χ1n) is 47.5. The molecule has 9 aromatic rings. The zero-order chi connectivity index (χ0) is 92.7. The van der Waals surface area contributed by atoms with E-state index in [1.807, 2.05) is 48.5 Å². The number of ether oxygens (including phenoxy) is 1. The topological polar surface area (TPSA) is 418 Å². The Morgan fingerprint density at radius 3 is 1.23 bits per heavy atom. The van der Waals surface area contributed by atoms with Crippen molar-refractivity contribution in [2.75, 3.05) is 175 Å². The lowest BCUT2D eigenvalue weighted by Gasteiger charge is -2.44. The molecule has 4 unspecified atom stereocenters. The molecule has 750 valence electrons. The minimum Gasteiger partial charge on any atom is -0.445 e. The number of piperidine rings is 4. The average Bonchev–Trinajstić information content (AvgIpc) is 1.61. The largest absolute Gasteiger partial charge is 0.445 e. The maximum Gasteiger partial charge on any atom is 0.227 e. The molecule has 138 heavy (non-hydrogen) atoms. The molecule has 9 aliphatic heterocycles. The number of fused-ring (bicyclic) bond motifs is 6. The van der Waals surface area contributed by atoms with Gasteiger partial charge in [0.15, 0.2) is 17.6 Å². The summed E-state index contributed by atoms with van der Waals surface area (Å²) >= 11 is 0. The van der Waals surface area contributed by atoms with Crippen molar-refractivity contribution in [3.63, 3.8) is 0 Å². The highest BCUT2D eigenvalue weighted by Gasteiger charge is 2.48. The number of aliphatic hydroxyl groups excluding tert-OH is 2. The van der Waals surface area contributed by atoms with Gasteiger partial charge in [-0.25, -0.2) is 60.2 Å². The van der Waals surface area contributed by atoms with Gasteiger partial charge < -0.3 is 64.7 Å². The highest BCUT2D eigenvalue weighted by atomic mass is 32.2. The Morgan fingerprint density at radius 2 is 0.833 bits per heavy atom. The van der Waals surface area contributed by atoms with Crippen LogP contribution in [0.15, 0.2) is 113 Å². The van der Waals surface area contributed by atoms with E-state index >= 15 is 0 Å². The van der Waals surface area contributed by atoms with Crippen LogP contribution in [0.3, 0.4) is 0 Å². The molecular weight excluding hydrogens is 1880 g/mol. The van der Waals surface area contributed by atoms with Crippen LogP contribution in [0.2, 0.25) is 0 Å². The van der Waals surface area contributed by atoms with Gasteiger partial charge in [0, 0.05) is 182 Å². The first kappa shape index (κ1) is 103. The van der Waals surface area contributed by atoms with E-state index in [0.29, 0.717) is 157 Å². The number of halogens is 1. The van der Waals surface area contributed by atoms with Gasteiger partial charge in [0.25, 0.3) is 0 Å². The molecule has 7 N–H and O–H groups in total. The Kier molecular flexibility index (Phi) is 32.9. The van der Waals surface area contributed by atoms with Gasteiger partial charge in [0.05, 0.1) is 114 Å². The molecule has 0 amide bonds. The Hall–Kier alpha value is -8.97. The predicted octanol–water partition coefficient (Wildman–Crippen LogP) is 12.5. The molecule has 4 aliphatic carbocycles. The molecule has 33 nitrogen and oxygen atoms in total. The van der Waals surface area contributed by atoms with E-state index in [1.165, 1.54) is 66.0 Å². The molecule has 15 heterocycles. The Morgan fingerprint density at radius 1 is 0.449 bits per heavy atom. The molecule has 3 aromatic carbocycles. The number of hydrogen-bond donors (Lipinski definition) is 7. The van der Waals surface area contributed by atoms with Crippen molar-refractivity contribution in [3.05, 3.63) is 159 Å². The number of nitrogens with zero attached hydrogens (tertiary/aromatic N) is 15. The number of hydrogen-bond acceptors (Lipinski definition) is 31. The smallest absolute Gasteiger partial charge is 0.227 e. The number of rotatable bonds is 24. The molecule has 5 saturated heterocycles.